The number of rotatable bonds is 7. The monoisotopic (exact) mass is 451 g/mol. The van der Waals surface area contributed by atoms with Crippen LogP contribution >= 0.6 is 11.6 Å². The van der Waals surface area contributed by atoms with E-state index in [2.05, 4.69) is 15.5 Å². The number of aliphatic carboxylic acids is 1. The van der Waals surface area contributed by atoms with Crippen molar-refractivity contribution in [2.45, 2.75) is 12.5 Å². The van der Waals surface area contributed by atoms with Gasteiger partial charge in [-0.2, -0.15) is 14.9 Å². The number of nitrogens with zero attached hydrogens (tertiary/aromatic N) is 4. The normalized spacial score (nSPS) is 11.8. The Morgan fingerprint density at radius 1 is 1.09 bits per heavy atom. The average molecular weight is 452 g/mol. The number of benzene rings is 2. The van der Waals surface area contributed by atoms with Gasteiger partial charge < -0.3 is 15.5 Å². The van der Waals surface area contributed by atoms with Gasteiger partial charge >= 0.3 is 5.97 Å². The van der Waals surface area contributed by atoms with E-state index in [1.807, 2.05) is 0 Å². The minimum absolute atomic E-state index is 0.0778. The third-order valence-electron chi connectivity index (χ3n) is 4.75. The molecular formula is C22H18ClN5O4. The smallest absolute Gasteiger partial charge is 0.305 e. The van der Waals surface area contributed by atoms with Crippen LogP contribution in [-0.2, 0) is 4.79 Å². The fourth-order valence-electron chi connectivity index (χ4n) is 3.22. The van der Waals surface area contributed by atoms with Gasteiger partial charge in [0.2, 0.25) is 5.88 Å². The van der Waals surface area contributed by atoms with E-state index in [1.165, 1.54) is 6.07 Å². The maximum absolute atomic E-state index is 12.8. The van der Waals surface area contributed by atoms with Crippen LogP contribution in [0.1, 0.15) is 28.5 Å². The van der Waals surface area contributed by atoms with Gasteiger partial charge in [-0.3, -0.25) is 9.59 Å². The van der Waals surface area contributed by atoms with Crippen LogP contribution in [-0.4, -0.2) is 41.7 Å². The molecule has 32 heavy (non-hydrogen) atoms. The highest BCUT2D eigenvalue weighted by Crippen LogP contribution is 2.25. The number of para-hydroxylation sites is 1. The van der Waals surface area contributed by atoms with Crippen LogP contribution in [0.15, 0.2) is 73.1 Å². The minimum atomic E-state index is -1.07. The topological polar surface area (TPSA) is 122 Å². The molecule has 1 atom stereocenters. The maximum Gasteiger partial charge on any atom is 0.305 e. The van der Waals surface area contributed by atoms with Crippen molar-refractivity contribution in [3.8, 4) is 17.3 Å². The molecule has 0 aliphatic rings. The third kappa shape index (κ3) is 4.47. The molecule has 3 N–H and O–H groups in total. The molecule has 1 unspecified atom stereocenters. The highest BCUT2D eigenvalue weighted by atomic mass is 35.5. The van der Waals surface area contributed by atoms with E-state index in [4.69, 9.17) is 11.6 Å². The molecule has 9 nitrogen and oxygen atoms in total. The molecule has 2 aromatic carbocycles. The SMILES string of the molecule is O=C(O)CC(NC(=O)c1cc(O)n(-c2ccccc2Cl)n1)c1ccc(-n2cccn2)cc1. The predicted octanol–water partition coefficient (Wildman–Crippen LogP) is 3.36. The molecule has 0 saturated carbocycles. The molecule has 4 rings (SSSR count). The van der Waals surface area contributed by atoms with Crippen molar-refractivity contribution in [2.75, 3.05) is 0 Å². The zero-order valence-corrected chi connectivity index (χ0v) is 17.3. The van der Waals surface area contributed by atoms with E-state index in [9.17, 15) is 19.8 Å². The Morgan fingerprint density at radius 2 is 1.84 bits per heavy atom. The summed E-state index contributed by atoms with van der Waals surface area (Å²) in [6, 6.07) is 15.9. The molecule has 4 aromatic rings. The molecule has 1 amide bonds. The zero-order chi connectivity index (χ0) is 22.7. The quantitative estimate of drug-likeness (QED) is 0.396. The highest BCUT2D eigenvalue weighted by molar-refractivity contribution is 6.32. The number of aromatic hydroxyl groups is 1. The fraction of sp³-hybridized carbons (Fsp3) is 0.0909. The zero-order valence-electron chi connectivity index (χ0n) is 16.6. The Morgan fingerprint density at radius 3 is 2.50 bits per heavy atom. The second kappa shape index (κ2) is 8.94. The van der Waals surface area contributed by atoms with Crippen LogP contribution in [0.2, 0.25) is 5.02 Å². The van der Waals surface area contributed by atoms with Crippen LogP contribution in [0.4, 0.5) is 0 Å². The number of nitrogens with one attached hydrogen (secondary N) is 1. The van der Waals surface area contributed by atoms with Crippen LogP contribution in [0.3, 0.4) is 0 Å². The van der Waals surface area contributed by atoms with E-state index in [-0.39, 0.29) is 18.0 Å². The second-order valence-electron chi connectivity index (χ2n) is 6.92. The van der Waals surface area contributed by atoms with Crippen molar-refractivity contribution in [1.29, 1.82) is 0 Å². The average Bonchev–Trinajstić information content (AvgIpc) is 3.44. The summed E-state index contributed by atoms with van der Waals surface area (Å²) >= 11 is 6.15. The van der Waals surface area contributed by atoms with Crippen LogP contribution < -0.4 is 5.32 Å². The Kier molecular flexibility index (Phi) is 5.91. The van der Waals surface area contributed by atoms with E-state index < -0.39 is 17.9 Å². The number of amides is 1. The lowest BCUT2D eigenvalue weighted by molar-refractivity contribution is -0.137. The van der Waals surface area contributed by atoms with E-state index in [0.29, 0.717) is 16.3 Å². The third-order valence-corrected chi connectivity index (χ3v) is 5.07. The summed E-state index contributed by atoms with van der Waals surface area (Å²) in [6.45, 7) is 0. The molecule has 0 aliphatic heterocycles. The first-order chi connectivity index (χ1) is 15.4. The summed E-state index contributed by atoms with van der Waals surface area (Å²) < 4.78 is 2.81. The van der Waals surface area contributed by atoms with Gasteiger partial charge in [0.05, 0.1) is 28.9 Å². The lowest BCUT2D eigenvalue weighted by atomic mass is 10.0. The minimum Gasteiger partial charge on any atom is -0.493 e. The van der Waals surface area contributed by atoms with Crippen molar-refractivity contribution in [3.63, 3.8) is 0 Å². The van der Waals surface area contributed by atoms with E-state index >= 15 is 0 Å². The predicted molar refractivity (Wildman–Crippen MR) is 116 cm³/mol. The van der Waals surface area contributed by atoms with Crippen molar-refractivity contribution in [2.24, 2.45) is 0 Å². The van der Waals surface area contributed by atoms with Gasteiger partial charge in [-0.15, -0.1) is 0 Å². The van der Waals surface area contributed by atoms with E-state index in [0.717, 1.165) is 10.4 Å². The molecule has 10 heteroatoms. The van der Waals surface area contributed by atoms with Gasteiger partial charge in [0.1, 0.15) is 0 Å². The maximum atomic E-state index is 12.8. The molecule has 2 heterocycles. The molecule has 0 aliphatic carbocycles. The molecule has 0 spiro atoms. The highest BCUT2D eigenvalue weighted by Gasteiger charge is 2.22. The van der Waals surface area contributed by atoms with Gasteiger partial charge in [0.15, 0.2) is 5.69 Å². The molecule has 0 saturated heterocycles. The van der Waals surface area contributed by atoms with E-state index in [1.54, 1.807) is 71.7 Å². The van der Waals surface area contributed by atoms with Crippen molar-refractivity contribution in [3.05, 3.63) is 89.3 Å². The number of halogens is 1. The van der Waals surface area contributed by atoms with Gasteiger partial charge in [0.25, 0.3) is 5.91 Å². The summed E-state index contributed by atoms with van der Waals surface area (Å²) in [4.78, 5) is 24.2. The number of hydrogen-bond donors (Lipinski definition) is 3. The number of carbonyl (C=O) groups is 2. The summed E-state index contributed by atoms with van der Waals surface area (Å²) in [7, 11) is 0. The Bertz CT molecular complexity index is 1250. The van der Waals surface area contributed by atoms with Crippen LogP contribution in [0.5, 0.6) is 5.88 Å². The van der Waals surface area contributed by atoms with Gasteiger partial charge in [-0.25, -0.2) is 4.68 Å². The fourth-order valence-corrected chi connectivity index (χ4v) is 3.44. The Balaban J connectivity index is 1.57. The number of carboxylic acids is 1. The Hall–Kier alpha value is -4.11. The summed E-state index contributed by atoms with van der Waals surface area (Å²) in [5.74, 6) is -1.98. The van der Waals surface area contributed by atoms with Crippen molar-refractivity contribution < 1.29 is 19.8 Å². The molecule has 2 aromatic heterocycles. The number of aromatic nitrogens is 4. The number of carbonyl (C=O) groups excluding carboxylic acids is 1. The number of hydrogen-bond acceptors (Lipinski definition) is 5. The first kappa shape index (κ1) is 21.1. The standard InChI is InChI=1S/C22H18ClN5O4/c23-16-4-1-2-5-19(16)28-20(29)12-18(26-28)22(32)25-17(13-21(30)31)14-6-8-15(9-7-14)27-11-3-10-24-27/h1-12,17,29H,13H2,(H,25,32)(H,30,31). The molecule has 0 bridgehead atoms. The Labute approximate surface area is 187 Å². The van der Waals surface area contributed by atoms with Crippen molar-refractivity contribution in [1.82, 2.24) is 24.9 Å². The lowest BCUT2D eigenvalue weighted by Gasteiger charge is -2.17. The molecule has 0 radical (unpaired) electrons. The second-order valence-corrected chi connectivity index (χ2v) is 7.32. The van der Waals surface area contributed by atoms with Crippen molar-refractivity contribution >= 4 is 23.5 Å². The molecule has 0 fully saturated rings. The first-order valence-corrected chi connectivity index (χ1v) is 9.97. The number of carboxylic acid groups (broad SMARTS) is 1. The van der Waals surface area contributed by atoms with Gasteiger partial charge in [0, 0.05) is 18.5 Å². The van der Waals surface area contributed by atoms with Gasteiger partial charge in [-0.05, 0) is 35.9 Å². The largest absolute Gasteiger partial charge is 0.493 e. The lowest BCUT2D eigenvalue weighted by Crippen LogP contribution is -2.30. The molecule has 162 valence electrons. The van der Waals surface area contributed by atoms with Gasteiger partial charge in [-0.1, -0.05) is 35.9 Å². The summed E-state index contributed by atoms with van der Waals surface area (Å²) in [5, 5.41) is 30.9. The summed E-state index contributed by atoms with van der Waals surface area (Å²) in [5.41, 5.74) is 1.72. The van der Waals surface area contributed by atoms with Crippen LogP contribution in [0.25, 0.3) is 11.4 Å². The first-order valence-electron chi connectivity index (χ1n) is 9.59. The molecular weight excluding hydrogens is 434 g/mol. The summed E-state index contributed by atoms with van der Waals surface area (Å²) in [6.07, 6.45) is 3.11. The van der Waals surface area contributed by atoms with Crippen LogP contribution in [0, 0.1) is 0 Å².